The number of guanidine groups is 1. The molecule has 134 valence electrons. The molecule has 0 atom stereocenters. The van der Waals surface area contributed by atoms with Gasteiger partial charge in [0.25, 0.3) is 0 Å². The van der Waals surface area contributed by atoms with E-state index < -0.39 is 0 Å². The predicted molar refractivity (Wildman–Crippen MR) is 102 cm³/mol. The first kappa shape index (κ1) is 18.6. The van der Waals surface area contributed by atoms with E-state index in [1.807, 2.05) is 6.92 Å². The van der Waals surface area contributed by atoms with Crippen LogP contribution in [0.4, 0.5) is 5.69 Å². The fraction of sp³-hybridized carbons (Fsp3) is 0.632. The summed E-state index contributed by atoms with van der Waals surface area (Å²) in [4.78, 5) is 9.62. The Hall–Kier alpha value is -1.75. The normalized spacial score (nSPS) is 15.7. The molecule has 1 saturated heterocycles. The second kappa shape index (κ2) is 10.9. The molecule has 0 spiro atoms. The summed E-state index contributed by atoms with van der Waals surface area (Å²) in [5.41, 5.74) is 1.31. The summed E-state index contributed by atoms with van der Waals surface area (Å²) < 4.78 is 5.38. The molecular formula is C19H32N4O. The molecule has 1 fully saturated rings. The van der Waals surface area contributed by atoms with Crippen molar-refractivity contribution in [2.75, 3.05) is 57.4 Å². The van der Waals surface area contributed by atoms with Gasteiger partial charge < -0.3 is 19.9 Å². The Morgan fingerprint density at radius 3 is 2.50 bits per heavy atom. The largest absolute Gasteiger partial charge is 0.382 e. The van der Waals surface area contributed by atoms with E-state index in [-0.39, 0.29) is 0 Å². The van der Waals surface area contributed by atoms with Gasteiger partial charge in [-0.05, 0) is 38.8 Å². The summed E-state index contributed by atoms with van der Waals surface area (Å²) in [6.45, 7) is 11.7. The zero-order valence-corrected chi connectivity index (χ0v) is 15.2. The van der Waals surface area contributed by atoms with Crippen molar-refractivity contribution in [3.05, 3.63) is 30.3 Å². The Kier molecular flexibility index (Phi) is 8.46. The highest BCUT2D eigenvalue weighted by molar-refractivity contribution is 5.80. The number of para-hydroxylation sites is 1. The fourth-order valence-corrected chi connectivity index (χ4v) is 2.89. The van der Waals surface area contributed by atoms with E-state index in [0.717, 1.165) is 71.3 Å². The summed E-state index contributed by atoms with van der Waals surface area (Å²) in [5, 5.41) is 3.44. The van der Waals surface area contributed by atoms with Gasteiger partial charge in [-0.1, -0.05) is 18.2 Å². The van der Waals surface area contributed by atoms with Gasteiger partial charge in [-0.25, -0.2) is 0 Å². The Bertz CT molecular complexity index is 470. The number of ether oxygens (including phenoxy) is 1. The quantitative estimate of drug-likeness (QED) is 0.451. The second-order valence-corrected chi connectivity index (χ2v) is 5.95. The van der Waals surface area contributed by atoms with Gasteiger partial charge in [0, 0.05) is 58.2 Å². The van der Waals surface area contributed by atoms with E-state index >= 15 is 0 Å². The smallest absolute Gasteiger partial charge is 0.194 e. The van der Waals surface area contributed by atoms with Gasteiger partial charge in [0.1, 0.15) is 0 Å². The summed E-state index contributed by atoms with van der Waals surface area (Å²) in [6, 6.07) is 10.7. The molecule has 1 heterocycles. The van der Waals surface area contributed by atoms with Crippen molar-refractivity contribution in [2.24, 2.45) is 4.99 Å². The van der Waals surface area contributed by atoms with Crippen molar-refractivity contribution >= 4 is 11.6 Å². The van der Waals surface area contributed by atoms with Crippen LogP contribution >= 0.6 is 0 Å². The van der Waals surface area contributed by atoms with Crippen LogP contribution in [0.1, 0.15) is 26.7 Å². The third-order valence-corrected chi connectivity index (χ3v) is 4.20. The first-order valence-corrected chi connectivity index (χ1v) is 9.26. The predicted octanol–water partition coefficient (Wildman–Crippen LogP) is 2.59. The standard InChI is InChI=1S/C19H32N4O/c1-3-20-19(21-12-8-9-17-24-4-2)23-15-13-22(14-16-23)18-10-6-5-7-11-18/h5-7,10-11H,3-4,8-9,12-17H2,1-2H3,(H,20,21). The summed E-state index contributed by atoms with van der Waals surface area (Å²) in [7, 11) is 0. The van der Waals surface area contributed by atoms with Crippen LogP contribution in [0.2, 0.25) is 0 Å². The molecule has 0 aromatic heterocycles. The van der Waals surface area contributed by atoms with Gasteiger partial charge in [0.15, 0.2) is 5.96 Å². The number of piperazine rings is 1. The molecule has 1 aromatic carbocycles. The van der Waals surface area contributed by atoms with Crippen molar-refractivity contribution in [1.82, 2.24) is 10.2 Å². The number of nitrogens with zero attached hydrogens (tertiary/aromatic N) is 3. The molecule has 0 bridgehead atoms. The summed E-state index contributed by atoms with van der Waals surface area (Å²) in [6.07, 6.45) is 2.16. The molecule has 24 heavy (non-hydrogen) atoms. The van der Waals surface area contributed by atoms with Crippen LogP contribution in [0.3, 0.4) is 0 Å². The molecule has 1 aliphatic rings. The Morgan fingerprint density at radius 2 is 1.83 bits per heavy atom. The summed E-state index contributed by atoms with van der Waals surface area (Å²) >= 11 is 0. The van der Waals surface area contributed by atoms with Crippen molar-refractivity contribution in [1.29, 1.82) is 0 Å². The van der Waals surface area contributed by atoms with Crippen LogP contribution in [0.15, 0.2) is 35.3 Å². The lowest BCUT2D eigenvalue weighted by Crippen LogP contribution is -2.52. The van der Waals surface area contributed by atoms with E-state index in [0.29, 0.717) is 0 Å². The van der Waals surface area contributed by atoms with Gasteiger partial charge in [-0.15, -0.1) is 0 Å². The average molecular weight is 332 g/mol. The van der Waals surface area contributed by atoms with Crippen LogP contribution in [-0.2, 0) is 4.74 Å². The van der Waals surface area contributed by atoms with Crippen molar-refractivity contribution in [3.8, 4) is 0 Å². The maximum absolute atomic E-state index is 5.38. The first-order chi connectivity index (χ1) is 11.8. The van der Waals surface area contributed by atoms with E-state index in [4.69, 9.17) is 9.73 Å². The number of hydrogen-bond donors (Lipinski definition) is 1. The lowest BCUT2D eigenvalue weighted by atomic mass is 10.2. The fourth-order valence-electron chi connectivity index (χ4n) is 2.89. The molecule has 0 saturated carbocycles. The molecule has 5 heteroatoms. The molecule has 0 amide bonds. The lowest BCUT2D eigenvalue weighted by Gasteiger charge is -2.37. The number of hydrogen-bond acceptors (Lipinski definition) is 3. The number of benzene rings is 1. The highest BCUT2D eigenvalue weighted by Crippen LogP contribution is 2.15. The number of rotatable bonds is 8. The van der Waals surface area contributed by atoms with E-state index in [9.17, 15) is 0 Å². The molecule has 1 aromatic rings. The Balaban J connectivity index is 1.79. The topological polar surface area (TPSA) is 40.1 Å². The molecule has 1 N–H and O–H groups in total. The molecular weight excluding hydrogens is 300 g/mol. The number of unbranched alkanes of at least 4 members (excludes halogenated alkanes) is 1. The van der Waals surface area contributed by atoms with Crippen molar-refractivity contribution in [3.63, 3.8) is 0 Å². The van der Waals surface area contributed by atoms with Crippen LogP contribution < -0.4 is 10.2 Å². The van der Waals surface area contributed by atoms with Crippen molar-refractivity contribution in [2.45, 2.75) is 26.7 Å². The van der Waals surface area contributed by atoms with Gasteiger partial charge in [0.05, 0.1) is 0 Å². The molecule has 0 unspecified atom stereocenters. The van der Waals surface area contributed by atoms with Crippen molar-refractivity contribution < 1.29 is 4.74 Å². The number of aliphatic imine (C=N–C) groups is 1. The van der Waals surface area contributed by atoms with Gasteiger partial charge in [0.2, 0.25) is 0 Å². The van der Waals surface area contributed by atoms with Crippen LogP contribution in [0.5, 0.6) is 0 Å². The minimum absolute atomic E-state index is 0.803. The second-order valence-electron chi connectivity index (χ2n) is 5.95. The summed E-state index contributed by atoms with van der Waals surface area (Å²) in [5.74, 6) is 1.06. The lowest BCUT2D eigenvalue weighted by molar-refractivity contribution is 0.144. The average Bonchev–Trinajstić information content (AvgIpc) is 2.64. The first-order valence-electron chi connectivity index (χ1n) is 9.26. The SMILES string of the molecule is CCNC(=NCCCCOCC)N1CCN(c2ccccc2)CC1. The molecule has 5 nitrogen and oxygen atoms in total. The third-order valence-electron chi connectivity index (χ3n) is 4.20. The Morgan fingerprint density at radius 1 is 1.08 bits per heavy atom. The van der Waals surface area contributed by atoms with Crippen LogP contribution in [-0.4, -0.2) is 63.3 Å². The highest BCUT2D eigenvalue weighted by Gasteiger charge is 2.19. The zero-order valence-electron chi connectivity index (χ0n) is 15.2. The number of nitrogens with one attached hydrogen (secondary N) is 1. The third kappa shape index (κ3) is 6.04. The van der Waals surface area contributed by atoms with Crippen LogP contribution in [0, 0.1) is 0 Å². The molecule has 0 radical (unpaired) electrons. The minimum atomic E-state index is 0.803. The monoisotopic (exact) mass is 332 g/mol. The maximum atomic E-state index is 5.38. The van der Waals surface area contributed by atoms with Crippen LogP contribution in [0.25, 0.3) is 0 Å². The van der Waals surface area contributed by atoms with E-state index in [1.165, 1.54) is 5.69 Å². The van der Waals surface area contributed by atoms with Gasteiger partial charge in [-0.3, -0.25) is 4.99 Å². The molecule has 1 aliphatic heterocycles. The molecule has 2 rings (SSSR count). The van der Waals surface area contributed by atoms with Gasteiger partial charge >= 0.3 is 0 Å². The van der Waals surface area contributed by atoms with E-state index in [2.05, 4.69) is 52.4 Å². The van der Waals surface area contributed by atoms with E-state index in [1.54, 1.807) is 0 Å². The highest BCUT2D eigenvalue weighted by atomic mass is 16.5. The van der Waals surface area contributed by atoms with Gasteiger partial charge in [-0.2, -0.15) is 0 Å². The Labute approximate surface area is 146 Å². The molecule has 0 aliphatic carbocycles. The number of anilines is 1. The zero-order chi connectivity index (χ0) is 17.0. The minimum Gasteiger partial charge on any atom is -0.382 e. The maximum Gasteiger partial charge on any atom is 0.194 e.